The van der Waals surface area contributed by atoms with E-state index in [1.165, 1.54) is 38.5 Å². The van der Waals surface area contributed by atoms with Crippen LogP contribution < -0.4 is 0 Å². The molecule has 0 heterocycles. The Labute approximate surface area is 111 Å². The second-order valence-electron chi connectivity index (χ2n) is 7.73. The van der Waals surface area contributed by atoms with Crippen LogP contribution in [0.25, 0.3) is 0 Å². The topological polar surface area (TPSA) is 20.2 Å². The van der Waals surface area contributed by atoms with Crippen molar-refractivity contribution in [2.24, 2.45) is 35.5 Å². The lowest BCUT2D eigenvalue weighted by Gasteiger charge is -2.52. The Balaban J connectivity index is 1.53. The van der Waals surface area contributed by atoms with E-state index in [4.69, 9.17) is 0 Å². The summed E-state index contributed by atoms with van der Waals surface area (Å²) in [6.07, 6.45) is 14.2. The Bertz CT molecular complexity index is 313. The Morgan fingerprint density at radius 3 is 2.06 bits per heavy atom. The van der Waals surface area contributed by atoms with Gasteiger partial charge in [0.15, 0.2) is 0 Å². The molecule has 4 rings (SSSR count). The van der Waals surface area contributed by atoms with Crippen molar-refractivity contribution in [1.29, 1.82) is 0 Å². The molecule has 102 valence electrons. The van der Waals surface area contributed by atoms with Gasteiger partial charge in [0.1, 0.15) is 0 Å². The van der Waals surface area contributed by atoms with Crippen molar-refractivity contribution in [2.45, 2.75) is 70.3 Å². The van der Waals surface area contributed by atoms with Gasteiger partial charge in [0.25, 0.3) is 0 Å². The van der Waals surface area contributed by atoms with Crippen LogP contribution in [0.4, 0.5) is 0 Å². The molecule has 0 saturated heterocycles. The van der Waals surface area contributed by atoms with Gasteiger partial charge in [0, 0.05) is 0 Å². The minimum Gasteiger partial charge on any atom is -0.393 e. The number of aliphatic hydroxyl groups is 1. The van der Waals surface area contributed by atoms with E-state index in [-0.39, 0.29) is 6.10 Å². The fraction of sp³-hybridized carbons (Fsp3) is 1.00. The fourth-order valence-electron chi connectivity index (χ4n) is 6.45. The summed E-state index contributed by atoms with van der Waals surface area (Å²) < 4.78 is 0. The number of fused-ring (bicyclic) bond motifs is 5. The lowest BCUT2D eigenvalue weighted by Crippen LogP contribution is -2.45. The number of hydrogen-bond acceptors (Lipinski definition) is 1. The molecule has 0 radical (unpaired) electrons. The van der Waals surface area contributed by atoms with Crippen molar-refractivity contribution in [3.63, 3.8) is 0 Å². The molecular formula is C17H28O. The average Bonchev–Trinajstić information content (AvgIpc) is 2.86. The highest BCUT2D eigenvalue weighted by Gasteiger charge is 2.49. The molecule has 0 bridgehead atoms. The highest BCUT2D eigenvalue weighted by Crippen LogP contribution is 2.57. The molecule has 7 atom stereocenters. The predicted molar refractivity (Wildman–Crippen MR) is 73.1 cm³/mol. The first-order chi connectivity index (χ1) is 8.83. The molecule has 4 saturated carbocycles. The molecule has 0 aromatic carbocycles. The van der Waals surface area contributed by atoms with E-state index >= 15 is 0 Å². The summed E-state index contributed by atoms with van der Waals surface area (Å²) in [7, 11) is 0. The van der Waals surface area contributed by atoms with Crippen LogP contribution in [0.5, 0.6) is 0 Å². The van der Waals surface area contributed by atoms with E-state index in [1.54, 1.807) is 12.8 Å². The second-order valence-corrected chi connectivity index (χ2v) is 7.73. The summed E-state index contributed by atoms with van der Waals surface area (Å²) in [6, 6.07) is 0. The summed E-state index contributed by atoms with van der Waals surface area (Å²) >= 11 is 0. The van der Waals surface area contributed by atoms with Gasteiger partial charge in [-0.15, -0.1) is 0 Å². The summed E-state index contributed by atoms with van der Waals surface area (Å²) in [5, 5.41) is 9.89. The normalized spacial score (nSPS) is 55.5. The second kappa shape index (κ2) is 4.51. The smallest absolute Gasteiger partial charge is 0.0543 e. The molecule has 4 fully saturated rings. The van der Waals surface area contributed by atoms with Crippen molar-refractivity contribution in [3.05, 3.63) is 0 Å². The Morgan fingerprint density at radius 2 is 1.22 bits per heavy atom. The molecule has 0 amide bonds. The summed E-state index contributed by atoms with van der Waals surface area (Å²) in [6.45, 7) is 0. The molecular weight excluding hydrogens is 220 g/mol. The summed E-state index contributed by atoms with van der Waals surface area (Å²) in [4.78, 5) is 0. The van der Waals surface area contributed by atoms with Crippen molar-refractivity contribution in [2.75, 3.05) is 0 Å². The third-order valence-electron chi connectivity index (χ3n) is 7.12. The standard InChI is InChI=1S/C17H28O/c18-13-6-9-15-12(10-13)5-8-16-14-3-1-2-11(14)4-7-17(15)16/h11-18H,1-10H2/t11?,12-,13?,14?,15?,16?,17?/m1/s1. The van der Waals surface area contributed by atoms with E-state index < -0.39 is 0 Å². The number of rotatable bonds is 0. The maximum atomic E-state index is 9.89. The minimum absolute atomic E-state index is 0.0330. The van der Waals surface area contributed by atoms with Gasteiger partial charge in [-0.25, -0.2) is 0 Å². The SMILES string of the molecule is OC1CCC2C3CCC4CCCC4C3CC[C@@H]2C1. The van der Waals surface area contributed by atoms with Gasteiger partial charge in [0.2, 0.25) is 0 Å². The van der Waals surface area contributed by atoms with E-state index in [0.29, 0.717) is 0 Å². The first-order valence-corrected chi connectivity index (χ1v) is 8.51. The summed E-state index contributed by atoms with van der Waals surface area (Å²) in [5.41, 5.74) is 0. The first-order valence-electron chi connectivity index (χ1n) is 8.51. The Morgan fingerprint density at radius 1 is 0.556 bits per heavy atom. The molecule has 1 nitrogen and oxygen atoms in total. The van der Waals surface area contributed by atoms with Crippen molar-refractivity contribution >= 4 is 0 Å². The maximum Gasteiger partial charge on any atom is 0.0543 e. The molecule has 6 unspecified atom stereocenters. The van der Waals surface area contributed by atoms with Crippen LogP contribution in [0.1, 0.15) is 64.2 Å². The van der Waals surface area contributed by atoms with Crippen molar-refractivity contribution in [3.8, 4) is 0 Å². The first kappa shape index (κ1) is 11.8. The quantitative estimate of drug-likeness (QED) is 0.687. The van der Waals surface area contributed by atoms with E-state index in [2.05, 4.69) is 0 Å². The van der Waals surface area contributed by atoms with Crippen LogP contribution in [0.15, 0.2) is 0 Å². The van der Waals surface area contributed by atoms with Crippen molar-refractivity contribution in [1.82, 2.24) is 0 Å². The van der Waals surface area contributed by atoms with Gasteiger partial charge >= 0.3 is 0 Å². The van der Waals surface area contributed by atoms with E-state index in [1.807, 2.05) is 0 Å². The van der Waals surface area contributed by atoms with E-state index in [9.17, 15) is 5.11 Å². The molecule has 0 aliphatic heterocycles. The Hall–Kier alpha value is -0.0400. The van der Waals surface area contributed by atoms with Gasteiger partial charge in [-0.2, -0.15) is 0 Å². The lowest BCUT2D eigenvalue weighted by molar-refractivity contribution is -0.0457. The van der Waals surface area contributed by atoms with Crippen LogP contribution in [0, 0.1) is 35.5 Å². The van der Waals surface area contributed by atoms with Crippen LogP contribution in [0.2, 0.25) is 0 Å². The van der Waals surface area contributed by atoms with Gasteiger partial charge in [-0.1, -0.05) is 12.8 Å². The van der Waals surface area contributed by atoms with Crippen LogP contribution in [0.3, 0.4) is 0 Å². The van der Waals surface area contributed by atoms with Crippen LogP contribution >= 0.6 is 0 Å². The monoisotopic (exact) mass is 248 g/mol. The molecule has 1 N–H and O–H groups in total. The molecule has 0 spiro atoms. The molecule has 18 heavy (non-hydrogen) atoms. The average molecular weight is 248 g/mol. The predicted octanol–water partition coefficient (Wildman–Crippen LogP) is 4.00. The Kier molecular flexibility index (Phi) is 2.94. The lowest BCUT2D eigenvalue weighted by atomic mass is 9.53. The molecule has 4 aliphatic carbocycles. The maximum absolute atomic E-state index is 9.89. The highest BCUT2D eigenvalue weighted by molar-refractivity contribution is 4.99. The summed E-state index contributed by atoms with van der Waals surface area (Å²) in [5.74, 6) is 6.23. The van der Waals surface area contributed by atoms with Crippen molar-refractivity contribution < 1.29 is 5.11 Å². The third kappa shape index (κ3) is 1.77. The zero-order valence-corrected chi connectivity index (χ0v) is 11.6. The third-order valence-corrected chi connectivity index (χ3v) is 7.12. The van der Waals surface area contributed by atoms with E-state index in [0.717, 1.165) is 48.3 Å². The van der Waals surface area contributed by atoms with Gasteiger partial charge in [-0.3, -0.25) is 0 Å². The van der Waals surface area contributed by atoms with Gasteiger partial charge in [0.05, 0.1) is 6.10 Å². The fourth-order valence-corrected chi connectivity index (χ4v) is 6.45. The molecule has 0 aromatic rings. The minimum atomic E-state index is 0.0330. The van der Waals surface area contributed by atoms with Crippen LogP contribution in [-0.4, -0.2) is 11.2 Å². The molecule has 0 aromatic heterocycles. The molecule has 4 aliphatic rings. The van der Waals surface area contributed by atoms with Gasteiger partial charge < -0.3 is 5.11 Å². The molecule has 1 heteroatoms. The number of aliphatic hydroxyl groups excluding tert-OH is 1. The largest absolute Gasteiger partial charge is 0.393 e. The zero-order chi connectivity index (χ0) is 12.1. The zero-order valence-electron chi connectivity index (χ0n) is 11.6. The van der Waals surface area contributed by atoms with Gasteiger partial charge in [-0.05, 0) is 86.9 Å². The number of hydrogen-bond donors (Lipinski definition) is 1. The van der Waals surface area contributed by atoms with Crippen LogP contribution in [-0.2, 0) is 0 Å². The highest BCUT2D eigenvalue weighted by atomic mass is 16.3.